The van der Waals surface area contributed by atoms with E-state index in [2.05, 4.69) is 27.6 Å². The minimum atomic E-state index is 0.425. The van der Waals surface area contributed by atoms with Gasteiger partial charge in [0, 0.05) is 18.2 Å². The van der Waals surface area contributed by atoms with Crippen LogP contribution in [0.2, 0.25) is 0 Å². The molecule has 3 rings (SSSR count). The third kappa shape index (κ3) is 2.88. The number of nitrogen functional groups attached to an aromatic ring is 1. The van der Waals surface area contributed by atoms with Crippen molar-refractivity contribution < 1.29 is 0 Å². The Bertz CT molecular complexity index is 592. The number of nitrogens with two attached hydrogens (primary N) is 1. The van der Waals surface area contributed by atoms with Gasteiger partial charge in [-0.25, -0.2) is 15.8 Å². The number of nitrogens with zero attached hydrogens (tertiary/aromatic N) is 2. The normalized spacial score (nSPS) is 15.7. The molecule has 20 heavy (non-hydrogen) atoms. The first-order valence-corrected chi connectivity index (χ1v) is 6.84. The molecular weight excluding hydrogens is 250 g/mol. The third-order valence-corrected chi connectivity index (χ3v) is 3.71. The van der Waals surface area contributed by atoms with Crippen LogP contribution in [0.25, 0.3) is 11.4 Å². The van der Waals surface area contributed by atoms with Gasteiger partial charge in [0.25, 0.3) is 0 Å². The van der Waals surface area contributed by atoms with Gasteiger partial charge in [0.2, 0.25) is 0 Å². The summed E-state index contributed by atoms with van der Waals surface area (Å²) in [5, 5.41) is 3.39. The zero-order chi connectivity index (χ0) is 14.0. The molecule has 1 saturated carbocycles. The Hall–Kier alpha value is -2.14. The second kappa shape index (κ2) is 5.09. The smallest absolute Gasteiger partial charge is 0.163 e. The van der Waals surface area contributed by atoms with Gasteiger partial charge in [-0.3, -0.25) is 0 Å². The summed E-state index contributed by atoms with van der Waals surface area (Å²) in [6.07, 6.45) is 2.55. The number of hydrazine groups is 1. The van der Waals surface area contributed by atoms with E-state index in [4.69, 9.17) is 5.84 Å². The van der Waals surface area contributed by atoms with Crippen molar-refractivity contribution in [3.63, 3.8) is 0 Å². The molecule has 1 heterocycles. The maximum Gasteiger partial charge on any atom is 0.163 e. The van der Waals surface area contributed by atoms with Crippen LogP contribution in [0, 0.1) is 5.41 Å². The number of hydrogen-bond acceptors (Lipinski definition) is 5. The predicted octanol–water partition coefficient (Wildman–Crippen LogP) is 2.64. The molecule has 104 valence electrons. The van der Waals surface area contributed by atoms with Gasteiger partial charge in [0.15, 0.2) is 5.82 Å². The van der Waals surface area contributed by atoms with Crippen molar-refractivity contribution in [3.05, 3.63) is 36.4 Å². The fraction of sp³-hybridized carbons (Fsp3) is 0.333. The Kier molecular flexibility index (Phi) is 3.28. The van der Waals surface area contributed by atoms with Crippen molar-refractivity contribution in [2.24, 2.45) is 11.3 Å². The Morgan fingerprint density at radius 1 is 1.15 bits per heavy atom. The first-order chi connectivity index (χ1) is 9.68. The molecule has 1 aliphatic carbocycles. The minimum absolute atomic E-state index is 0.425. The lowest BCUT2D eigenvalue weighted by Gasteiger charge is -2.12. The second-order valence-corrected chi connectivity index (χ2v) is 5.64. The highest BCUT2D eigenvalue weighted by molar-refractivity contribution is 5.60. The summed E-state index contributed by atoms with van der Waals surface area (Å²) in [4.78, 5) is 8.96. The van der Waals surface area contributed by atoms with Crippen LogP contribution in [0.15, 0.2) is 36.4 Å². The van der Waals surface area contributed by atoms with Crippen LogP contribution < -0.4 is 16.6 Å². The topological polar surface area (TPSA) is 75.9 Å². The molecular formula is C15H19N5. The Morgan fingerprint density at radius 2 is 1.85 bits per heavy atom. The molecule has 0 radical (unpaired) electrons. The second-order valence-electron chi connectivity index (χ2n) is 5.64. The molecule has 1 aliphatic rings. The summed E-state index contributed by atoms with van der Waals surface area (Å²) in [5.74, 6) is 7.58. The molecule has 0 atom stereocenters. The monoisotopic (exact) mass is 269 g/mol. The maximum absolute atomic E-state index is 5.49. The van der Waals surface area contributed by atoms with E-state index in [9.17, 15) is 0 Å². The van der Waals surface area contributed by atoms with Gasteiger partial charge < -0.3 is 10.7 Å². The maximum atomic E-state index is 5.49. The molecule has 2 aromatic rings. The first-order valence-electron chi connectivity index (χ1n) is 6.84. The van der Waals surface area contributed by atoms with Crippen LogP contribution >= 0.6 is 0 Å². The Labute approximate surface area is 118 Å². The largest absolute Gasteiger partial charge is 0.369 e. The lowest BCUT2D eigenvalue weighted by molar-refractivity contribution is 0.609. The van der Waals surface area contributed by atoms with E-state index in [-0.39, 0.29) is 0 Å². The van der Waals surface area contributed by atoms with E-state index < -0.39 is 0 Å². The van der Waals surface area contributed by atoms with Gasteiger partial charge in [-0.2, -0.15) is 0 Å². The van der Waals surface area contributed by atoms with Crippen molar-refractivity contribution in [2.45, 2.75) is 19.8 Å². The molecule has 0 bridgehead atoms. The summed E-state index contributed by atoms with van der Waals surface area (Å²) in [6.45, 7) is 3.21. The highest BCUT2D eigenvalue weighted by Gasteiger charge is 2.36. The fourth-order valence-electron chi connectivity index (χ4n) is 2.02. The summed E-state index contributed by atoms with van der Waals surface area (Å²) in [6, 6.07) is 11.7. The zero-order valence-corrected chi connectivity index (χ0v) is 11.6. The van der Waals surface area contributed by atoms with E-state index >= 15 is 0 Å². The van der Waals surface area contributed by atoms with Gasteiger partial charge in [0.1, 0.15) is 11.6 Å². The minimum Gasteiger partial charge on any atom is -0.369 e. The molecule has 0 unspecified atom stereocenters. The first kappa shape index (κ1) is 12.9. The average Bonchev–Trinajstić information content (AvgIpc) is 3.24. The predicted molar refractivity (Wildman–Crippen MR) is 81.1 cm³/mol. The van der Waals surface area contributed by atoms with Crippen LogP contribution in [0.3, 0.4) is 0 Å². The third-order valence-electron chi connectivity index (χ3n) is 3.71. The molecule has 0 amide bonds. The van der Waals surface area contributed by atoms with Crippen molar-refractivity contribution in [2.75, 3.05) is 17.3 Å². The number of benzene rings is 1. The van der Waals surface area contributed by atoms with Gasteiger partial charge in [-0.15, -0.1) is 0 Å². The molecule has 1 aromatic heterocycles. The van der Waals surface area contributed by atoms with E-state index in [1.165, 1.54) is 12.8 Å². The van der Waals surface area contributed by atoms with E-state index in [1.807, 2.05) is 36.4 Å². The summed E-state index contributed by atoms with van der Waals surface area (Å²) >= 11 is 0. The molecule has 5 heteroatoms. The SMILES string of the molecule is CC1(CNc2cc(NN)nc(-c3ccccc3)n2)CC1. The van der Waals surface area contributed by atoms with Gasteiger partial charge >= 0.3 is 0 Å². The van der Waals surface area contributed by atoms with Crippen LogP contribution in [-0.4, -0.2) is 16.5 Å². The van der Waals surface area contributed by atoms with Crippen molar-refractivity contribution >= 4 is 11.6 Å². The molecule has 4 N–H and O–H groups in total. The van der Waals surface area contributed by atoms with Crippen molar-refractivity contribution in [1.82, 2.24) is 9.97 Å². The fourth-order valence-corrected chi connectivity index (χ4v) is 2.02. The highest BCUT2D eigenvalue weighted by Crippen LogP contribution is 2.44. The Balaban J connectivity index is 1.86. The van der Waals surface area contributed by atoms with Gasteiger partial charge in [-0.1, -0.05) is 37.3 Å². The lowest BCUT2D eigenvalue weighted by Crippen LogP contribution is -2.15. The molecule has 1 aromatic carbocycles. The summed E-state index contributed by atoms with van der Waals surface area (Å²) in [7, 11) is 0. The number of hydrogen-bond donors (Lipinski definition) is 3. The van der Waals surface area contributed by atoms with Crippen LogP contribution in [0.4, 0.5) is 11.6 Å². The van der Waals surface area contributed by atoms with Gasteiger partial charge in [-0.05, 0) is 18.3 Å². The summed E-state index contributed by atoms with van der Waals surface area (Å²) in [5.41, 5.74) is 4.00. The van der Waals surface area contributed by atoms with Crippen molar-refractivity contribution in [3.8, 4) is 11.4 Å². The number of aromatic nitrogens is 2. The molecule has 0 saturated heterocycles. The van der Waals surface area contributed by atoms with Crippen LogP contribution in [0.1, 0.15) is 19.8 Å². The summed E-state index contributed by atoms with van der Waals surface area (Å²) < 4.78 is 0. The Morgan fingerprint density at radius 3 is 2.50 bits per heavy atom. The number of rotatable bonds is 5. The molecule has 0 spiro atoms. The average molecular weight is 269 g/mol. The molecule has 5 nitrogen and oxygen atoms in total. The van der Waals surface area contributed by atoms with Crippen molar-refractivity contribution in [1.29, 1.82) is 0 Å². The van der Waals surface area contributed by atoms with E-state index in [0.29, 0.717) is 17.1 Å². The highest BCUT2D eigenvalue weighted by atomic mass is 15.3. The lowest BCUT2D eigenvalue weighted by atomic mass is 10.1. The standard InChI is InChI=1S/C15H19N5/c1-15(7-8-15)10-17-12-9-13(20-16)19-14(18-12)11-5-3-2-4-6-11/h2-6,9H,7-8,10,16H2,1H3,(H2,17,18,19,20). The van der Waals surface area contributed by atoms with E-state index in [0.717, 1.165) is 17.9 Å². The molecule has 1 fully saturated rings. The van der Waals surface area contributed by atoms with Crippen LogP contribution in [0.5, 0.6) is 0 Å². The quantitative estimate of drug-likeness (QED) is 0.574. The van der Waals surface area contributed by atoms with E-state index in [1.54, 1.807) is 0 Å². The zero-order valence-electron chi connectivity index (χ0n) is 11.6. The number of anilines is 2. The molecule has 0 aliphatic heterocycles. The number of nitrogens with one attached hydrogen (secondary N) is 2. The van der Waals surface area contributed by atoms with Crippen LogP contribution in [-0.2, 0) is 0 Å². The van der Waals surface area contributed by atoms with Gasteiger partial charge in [0.05, 0.1) is 0 Å².